The number of hydrogen-bond acceptors (Lipinski definition) is 6. The van der Waals surface area contributed by atoms with Gasteiger partial charge in [-0.2, -0.15) is 17.5 Å². The molecule has 2 aliphatic rings. The summed E-state index contributed by atoms with van der Waals surface area (Å²) in [6.45, 7) is 4.12. The van der Waals surface area contributed by atoms with Crippen LogP contribution in [0.1, 0.15) is 42.9 Å². The fourth-order valence-electron chi connectivity index (χ4n) is 4.87. The number of alkyl halides is 3. The van der Waals surface area contributed by atoms with Gasteiger partial charge in [0.2, 0.25) is 10.0 Å². The number of aryl methyl sites for hydroxylation is 1. The number of pyridine rings is 1. The minimum absolute atomic E-state index is 0.0550. The molecule has 1 aliphatic heterocycles. The van der Waals surface area contributed by atoms with E-state index in [1.54, 1.807) is 12.1 Å². The Bertz CT molecular complexity index is 1090. The predicted octanol–water partition coefficient (Wildman–Crippen LogP) is 3.91. The summed E-state index contributed by atoms with van der Waals surface area (Å²) in [4.78, 5) is 10.3. The SMILES string of the molecule is C[C@@H]1CN(S(=O)(=O)c2ccc3c(c2)C(COO)CC3)C[C@H](C)N1c1ccc(C(F)(F)F)cn1. The summed E-state index contributed by atoms with van der Waals surface area (Å²) in [6.07, 6.45) is -2.08. The van der Waals surface area contributed by atoms with E-state index in [1.807, 2.05) is 24.8 Å². The van der Waals surface area contributed by atoms with E-state index in [0.29, 0.717) is 5.82 Å². The van der Waals surface area contributed by atoms with Crippen molar-refractivity contribution in [2.24, 2.45) is 0 Å². The Morgan fingerprint density at radius 1 is 1.15 bits per heavy atom. The van der Waals surface area contributed by atoms with Crippen molar-refractivity contribution < 1.29 is 31.7 Å². The summed E-state index contributed by atoms with van der Waals surface area (Å²) < 4.78 is 66.9. The van der Waals surface area contributed by atoms with Crippen molar-refractivity contribution >= 4 is 15.8 Å². The molecule has 7 nitrogen and oxygen atoms in total. The first kappa shape index (κ1) is 23.9. The molecule has 1 aromatic carbocycles. The lowest BCUT2D eigenvalue weighted by atomic mass is 10.0. The number of nitrogens with zero attached hydrogens (tertiary/aromatic N) is 3. The van der Waals surface area contributed by atoms with E-state index in [-0.39, 0.29) is 42.6 Å². The van der Waals surface area contributed by atoms with Crippen LogP contribution in [-0.2, 0) is 27.5 Å². The van der Waals surface area contributed by atoms with Crippen LogP contribution in [0.4, 0.5) is 19.0 Å². The van der Waals surface area contributed by atoms with Crippen LogP contribution >= 0.6 is 0 Å². The molecule has 0 radical (unpaired) electrons. The van der Waals surface area contributed by atoms with Crippen LogP contribution < -0.4 is 4.90 Å². The second-order valence-corrected chi connectivity index (χ2v) is 10.7. The highest BCUT2D eigenvalue weighted by Gasteiger charge is 2.38. The zero-order valence-electron chi connectivity index (χ0n) is 18.3. The van der Waals surface area contributed by atoms with Gasteiger partial charge in [-0.15, -0.1) is 0 Å². The van der Waals surface area contributed by atoms with Gasteiger partial charge in [-0.3, -0.25) is 5.26 Å². The molecular weight excluding hydrogens is 459 g/mol. The Kier molecular flexibility index (Phi) is 6.43. The van der Waals surface area contributed by atoms with Crippen LogP contribution in [0.25, 0.3) is 0 Å². The molecule has 1 fully saturated rings. The summed E-state index contributed by atoms with van der Waals surface area (Å²) in [5.74, 6) is 0.324. The first-order valence-electron chi connectivity index (χ1n) is 10.7. The molecule has 0 bridgehead atoms. The van der Waals surface area contributed by atoms with Gasteiger partial charge in [0, 0.05) is 37.3 Å². The number of piperazine rings is 1. The van der Waals surface area contributed by atoms with Crippen molar-refractivity contribution in [1.82, 2.24) is 9.29 Å². The highest BCUT2D eigenvalue weighted by atomic mass is 32.2. The van der Waals surface area contributed by atoms with Crippen LogP contribution in [0.5, 0.6) is 0 Å². The highest BCUT2D eigenvalue weighted by molar-refractivity contribution is 7.89. The third-order valence-corrected chi connectivity index (χ3v) is 8.29. The topological polar surface area (TPSA) is 83.0 Å². The maximum atomic E-state index is 13.4. The van der Waals surface area contributed by atoms with Gasteiger partial charge >= 0.3 is 6.18 Å². The first-order chi connectivity index (χ1) is 15.5. The van der Waals surface area contributed by atoms with E-state index >= 15 is 0 Å². The Hall–Kier alpha value is -2.21. The predicted molar refractivity (Wildman–Crippen MR) is 115 cm³/mol. The second-order valence-electron chi connectivity index (χ2n) is 8.72. The number of sulfonamides is 1. The maximum absolute atomic E-state index is 13.4. The van der Waals surface area contributed by atoms with Crippen molar-refractivity contribution in [1.29, 1.82) is 0 Å². The van der Waals surface area contributed by atoms with E-state index in [0.717, 1.165) is 36.2 Å². The number of anilines is 1. The molecule has 1 saturated heterocycles. The van der Waals surface area contributed by atoms with Crippen LogP contribution in [0.15, 0.2) is 41.4 Å². The standard InChI is InChI=1S/C22H26F3N3O4S/c1-14-11-27(12-15(2)28(14)21-8-6-18(10-26-21)22(23,24)25)33(30,31)19-7-5-16-3-4-17(13-32-29)20(16)9-19/h5-10,14-15,17,29H,3-4,11-13H2,1-2H3/t14-,15+,17?. The van der Waals surface area contributed by atoms with Gasteiger partial charge in [-0.05, 0) is 62.1 Å². The fourth-order valence-corrected chi connectivity index (χ4v) is 6.51. The average Bonchev–Trinajstić information content (AvgIpc) is 3.15. The lowest BCUT2D eigenvalue weighted by molar-refractivity contribution is -0.245. The Morgan fingerprint density at radius 2 is 1.85 bits per heavy atom. The fraction of sp³-hybridized carbons (Fsp3) is 0.500. The zero-order valence-corrected chi connectivity index (χ0v) is 19.1. The van der Waals surface area contributed by atoms with Crippen LogP contribution in [0, 0.1) is 0 Å². The molecule has 2 heterocycles. The van der Waals surface area contributed by atoms with Crippen molar-refractivity contribution in [2.75, 3.05) is 24.6 Å². The molecule has 1 unspecified atom stereocenters. The molecule has 180 valence electrons. The molecule has 2 aromatic rings. The zero-order chi connectivity index (χ0) is 24.0. The monoisotopic (exact) mass is 485 g/mol. The number of benzene rings is 1. The summed E-state index contributed by atoms with van der Waals surface area (Å²) in [5.41, 5.74) is 1.10. The minimum Gasteiger partial charge on any atom is -0.349 e. The van der Waals surface area contributed by atoms with Gasteiger partial charge in [0.15, 0.2) is 0 Å². The third kappa shape index (κ3) is 4.59. The van der Waals surface area contributed by atoms with E-state index in [1.165, 1.54) is 10.4 Å². The number of fused-ring (bicyclic) bond motifs is 1. The van der Waals surface area contributed by atoms with Crippen molar-refractivity contribution in [3.8, 4) is 0 Å². The molecular formula is C22H26F3N3O4S. The number of hydrogen-bond donors (Lipinski definition) is 1. The van der Waals surface area contributed by atoms with Gasteiger partial charge < -0.3 is 4.90 Å². The molecule has 0 saturated carbocycles. The van der Waals surface area contributed by atoms with E-state index in [9.17, 15) is 21.6 Å². The maximum Gasteiger partial charge on any atom is 0.417 e. The van der Waals surface area contributed by atoms with Gasteiger partial charge in [0.25, 0.3) is 0 Å². The van der Waals surface area contributed by atoms with Crippen LogP contribution in [-0.4, -0.2) is 54.7 Å². The van der Waals surface area contributed by atoms with Crippen molar-refractivity contribution in [2.45, 2.75) is 55.8 Å². The summed E-state index contributed by atoms with van der Waals surface area (Å²) in [7, 11) is -3.79. The minimum atomic E-state index is -4.46. The van der Waals surface area contributed by atoms with Gasteiger partial charge in [-0.25, -0.2) is 18.3 Å². The number of halogens is 3. The molecule has 11 heteroatoms. The molecule has 1 N–H and O–H groups in total. The van der Waals surface area contributed by atoms with Crippen molar-refractivity contribution in [3.05, 3.63) is 53.2 Å². The third-order valence-electron chi connectivity index (χ3n) is 6.46. The second kappa shape index (κ2) is 8.86. The molecule has 3 atom stereocenters. The molecule has 1 aromatic heterocycles. The molecule has 33 heavy (non-hydrogen) atoms. The quantitative estimate of drug-likeness (QED) is 0.511. The Balaban J connectivity index is 1.55. The van der Waals surface area contributed by atoms with Gasteiger partial charge in [0.1, 0.15) is 5.82 Å². The van der Waals surface area contributed by atoms with Crippen molar-refractivity contribution in [3.63, 3.8) is 0 Å². The smallest absolute Gasteiger partial charge is 0.349 e. The van der Waals surface area contributed by atoms with Gasteiger partial charge in [-0.1, -0.05) is 6.07 Å². The largest absolute Gasteiger partial charge is 0.417 e. The summed E-state index contributed by atoms with van der Waals surface area (Å²) in [6, 6.07) is 6.81. The molecule has 0 amide bonds. The molecule has 0 spiro atoms. The molecule has 1 aliphatic carbocycles. The Morgan fingerprint density at radius 3 is 2.42 bits per heavy atom. The van der Waals surface area contributed by atoms with Crippen LogP contribution in [0.3, 0.4) is 0 Å². The van der Waals surface area contributed by atoms with E-state index < -0.39 is 21.8 Å². The summed E-state index contributed by atoms with van der Waals surface area (Å²) in [5, 5.41) is 8.83. The lowest BCUT2D eigenvalue weighted by Crippen LogP contribution is -2.58. The summed E-state index contributed by atoms with van der Waals surface area (Å²) >= 11 is 0. The normalized spacial score (nSPS) is 24.2. The first-order valence-corrected chi connectivity index (χ1v) is 12.2. The lowest BCUT2D eigenvalue weighted by Gasteiger charge is -2.44. The average molecular weight is 486 g/mol. The van der Waals surface area contributed by atoms with Crippen LogP contribution in [0.2, 0.25) is 0 Å². The number of rotatable bonds is 5. The Labute approximate surface area is 190 Å². The van der Waals surface area contributed by atoms with E-state index in [4.69, 9.17) is 5.26 Å². The number of aromatic nitrogens is 1. The van der Waals surface area contributed by atoms with E-state index in [2.05, 4.69) is 9.87 Å². The molecule has 4 rings (SSSR count). The van der Waals surface area contributed by atoms with Gasteiger partial charge in [0.05, 0.1) is 17.1 Å². The highest BCUT2D eigenvalue weighted by Crippen LogP contribution is 2.36.